The smallest absolute Gasteiger partial charge is 0.233 e. The fraction of sp³-hybridized carbons (Fsp3) is 0.520. The van der Waals surface area contributed by atoms with Gasteiger partial charge in [-0.25, -0.2) is 9.35 Å². The Bertz CT molecular complexity index is 1120. The summed E-state index contributed by atoms with van der Waals surface area (Å²) < 4.78 is 17.5. The van der Waals surface area contributed by atoms with Crippen molar-refractivity contribution < 1.29 is 9.32 Å². The van der Waals surface area contributed by atoms with Crippen molar-refractivity contribution in [3.05, 3.63) is 58.1 Å². The Labute approximate surface area is 197 Å². The lowest BCUT2D eigenvalue weighted by atomic mass is 9.99. The average molecular weight is 470 g/mol. The maximum atomic E-state index is 13.3. The molecule has 2 aromatic carbocycles. The van der Waals surface area contributed by atoms with Crippen molar-refractivity contribution in [1.29, 1.82) is 0 Å². The van der Waals surface area contributed by atoms with Crippen LogP contribution in [0.15, 0.2) is 39.6 Å². The summed E-state index contributed by atoms with van der Waals surface area (Å²) in [5, 5.41) is 20.1. The molecule has 2 atom stereocenters. The van der Waals surface area contributed by atoms with Gasteiger partial charge in [0.25, 0.3) is 0 Å². The van der Waals surface area contributed by atoms with E-state index in [1.54, 1.807) is 6.07 Å². The molecule has 1 aliphatic heterocycles. The number of rotatable bonds is 6. The summed E-state index contributed by atoms with van der Waals surface area (Å²) >= 11 is 0. The standard InChI is InChI=1S/C25H35N5O2S/c1-29-11-13-30(14-12-29)17-18-5-2-8-21(15-18)33(26,32)28-25(31)27-24-22-9-3-6-19(22)16-20-7-4-10-23(20)24/h2,5,8,15-16,25,27,31H,3-4,6-7,9-14,17H2,1H3,(H2,26,28,32). The SMILES string of the molecule is CN1CCN(Cc2cccc(S(N)(=O)=NC(O)Nc3c4c(cc5c3CCC5)CCC4)c2)CC1. The van der Waals surface area contributed by atoms with E-state index in [4.69, 9.17) is 5.14 Å². The van der Waals surface area contributed by atoms with Gasteiger partial charge in [-0.05, 0) is 85.5 Å². The van der Waals surface area contributed by atoms with E-state index in [1.807, 2.05) is 18.2 Å². The second-order valence-corrected chi connectivity index (χ2v) is 11.5. The Morgan fingerprint density at radius 3 is 2.39 bits per heavy atom. The van der Waals surface area contributed by atoms with Gasteiger partial charge in [-0.1, -0.05) is 18.2 Å². The topological polar surface area (TPSA) is 94.2 Å². The van der Waals surface area contributed by atoms with Crippen LogP contribution in [0.1, 0.15) is 40.7 Å². The van der Waals surface area contributed by atoms with Crippen LogP contribution in [0.4, 0.5) is 5.69 Å². The number of nitrogens with zero attached hydrogens (tertiary/aromatic N) is 3. The molecular weight excluding hydrogens is 434 g/mol. The second kappa shape index (κ2) is 9.35. The summed E-state index contributed by atoms with van der Waals surface area (Å²) in [7, 11) is -1.10. The van der Waals surface area contributed by atoms with Gasteiger partial charge in [0.15, 0.2) is 0 Å². The van der Waals surface area contributed by atoms with Gasteiger partial charge in [0.05, 0.1) is 4.90 Å². The number of nitrogens with two attached hydrogens (primary N) is 1. The Kier molecular flexibility index (Phi) is 6.46. The third-order valence-electron chi connectivity index (χ3n) is 7.24. The number of hydrogen-bond acceptors (Lipinski definition) is 6. The number of fused-ring (bicyclic) bond motifs is 2. The quantitative estimate of drug-likeness (QED) is 0.565. The number of aliphatic hydroxyl groups is 1. The van der Waals surface area contributed by atoms with E-state index in [0.29, 0.717) is 4.90 Å². The summed E-state index contributed by atoms with van der Waals surface area (Å²) in [6.45, 7) is 4.91. The molecule has 1 fully saturated rings. The van der Waals surface area contributed by atoms with Gasteiger partial charge in [-0.3, -0.25) is 4.90 Å². The highest BCUT2D eigenvalue weighted by molar-refractivity contribution is 7.91. The minimum Gasteiger partial charge on any atom is -0.355 e. The number of aliphatic hydroxyl groups excluding tert-OH is 1. The maximum absolute atomic E-state index is 13.3. The van der Waals surface area contributed by atoms with Crippen molar-refractivity contribution >= 4 is 15.6 Å². The average Bonchev–Trinajstić information content (AvgIpc) is 3.44. The Hall–Kier alpha value is -1.97. The van der Waals surface area contributed by atoms with E-state index in [2.05, 4.69) is 32.6 Å². The molecule has 7 nitrogen and oxygen atoms in total. The van der Waals surface area contributed by atoms with E-state index in [-0.39, 0.29) is 0 Å². The molecule has 4 N–H and O–H groups in total. The van der Waals surface area contributed by atoms with Crippen molar-refractivity contribution in [3.8, 4) is 0 Å². The first-order chi connectivity index (χ1) is 15.9. The molecule has 0 bridgehead atoms. The Morgan fingerprint density at radius 2 is 1.73 bits per heavy atom. The summed E-state index contributed by atoms with van der Waals surface area (Å²) in [4.78, 5) is 5.17. The third-order valence-corrected chi connectivity index (χ3v) is 8.68. The van der Waals surface area contributed by atoms with E-state index >= 15 is 0 Å². The van der Waals surface area contributed by atoms with Crippen molar-refractivity contribution in [2.75, 3.05) is 38.5 Å². The fourth-order valence-corrected chi connectivity index (χ4v) is 6.51. The molecule has 0 spiro atoms. The molecule has 0 amide bonds. The van der Waals surface area contributed by atoms with Crippen LogP contribution in [0.2, 0.25) is 0 Å². The molecule has 1 saturated heterocycles. The molecule has 3 aliphatic rings. The zero-order chi connectivity index (χ0) is 23.0. The fourth-order valence-electron chi connectivity index (χ4n) is 5.45. The zero-order valence-corrected chi connectivity index (χ0v) is 20.2. The second-order valence-electron chi connectivity index (χ2n) is 9.65. The van der Waals surface area contributed by atoms with Crippen molar-refractivity contribution in [2.24, 2.45) is 9.50 Å². The van der Waals surface area contributed by atoms with Gasteiger partial charge in [0, 0.05) is 38.4 Å². The molecule has 178 valence electrons. The van der Waals surface area contributed by atoms with Crippen molar-refractivity contribution in [2.45, 2.75) is 56.3 Å². The largest absolute Gasteiger partial charge is 0.355 e. The molecule has 0 radical (unpaired) electrons. The predicted molar refractivity (Wildman–Crippen MR) is 132 cm³/mol. The van der Waals surface area contributed by atoms with Crippen LogP contribution in [0.25, 0.3) is 0 Å². The van der Waals surface area contributed by atoms with Crippen LogP contribution in [0, 0.1) is 0 Å². The number of nitrogens with one attached hydrogen (secondary N) is 1. The first-order valence-corrected chi connectivity index (χ1v) is 13.6. The summed E-state index contributed by atoms with van der Waals surface area (Å²) in [6, 6.07) is 9.86. The normalized spacial score (nSPS) is 21.3. The van der Waals surface area contributed by atoms with Crippen molar-refractivity contribution in [3.63, 3.8) is 0 Å². The molecule has 2 aliphatic carbocycles. The summed E-state index contributed by atoms with van der Waals surface area (Å²) in [5.74, 6) is 0. The van der Waals surface area contributed by atoms with Gasteiger partial charge in [-0.2, -0.15) is 4.36 Å². The lowest BCUT2D eigenvalue weighted by Gasteiger charge is -2.32. The molecule has 2 aromatic rings. The highest BCUT2D eigenvalue weighted by Gasteiger charge is 2.25. The number of anilines is 1. The first kappa shape index (κ1) is 22.8. The summed E-state index contributed by atoms with van der Waals surface area (Å²) in [5.41, 5.74) is 7.36. The van der Waals surface area contributed by atoms with Crippen LogP contribution in [-0.2, 0) is 42.1 Å². The number of hydrogen-bond donors (Lipinski definition) is 3. The minimum atomic E-state index is -3.24. The molecule has 5 rings (SSSR count). The Morgan fingerprint density at radius 1 is 1.06 bits per heavy atom. The first-order valence-electron chi connectivity index (χ1n) is 12.0. The molecular formula is C25H35N5O2S. The van der Waals surface area contributed by atoms with Crippen LogP contribution >= 0.6 is 0 Å². The van der Waals surface area contributed by atoms with Crippen LogP contribution < -0.4 is 10.5 Å². The zero-order valence-electron chi connectivity index (χ0n) is 19.4. The predicted octanol–water partition coefficient (Wildman–Crippen LogP) is 2.50. The number of piperazine rings is 1. The third kappa shape index (κ3) is 4.95. The van der Waals surface area contributed by atoms with Crippen LogP contribution in [-0.4, -0.2) is 58.7 Å². The van der Waals surface area contributed by atoms with Crippen molar-refractivity contribution in [1.82, 2.24) is 9.80 Å². The summed E-state index contributed by atoms with van der Waals surface area (Å²) in [6.07, 6.45) is 5.12. The number of aryl methyl sites for hydroxylation is 2. The van der Waals surface area contributed by atoms with E-state index < -0.39 is 16.3 Å². The maximum Gasteiger partial charge on any atom is 0.233 e. The van der Waals surface area contributed by atoms with E-state index in [0.717, 1.165) is 82.5 Å². The molecule has 0 saturated carbocycles. The van der Waals surface area contributed by atoms with Crippen LogP contribution in [0.5, 0.6) is 0 Å². The van der Waals surface area contributed by atoms with Gasteiger partial charge < -0.3 is 15.3 Å². The molecule has 8 heteroatoms. The minimum absolute atomic E-state index is 0.457. The van der Waals surface area contributed by atoms with Gasteiger partial charge >= 0.3 is 0 Å². The number of benzene rings is 2. The monoisotopic (exact) mass is 469 g/mol. The molecule has 1 heterocycles. The van der Waals surface area contributed by atoms with E-state index in [9.17, 15) is 9.32 Å². The van der Waals surface area contributed by atoms with Gasteiger partial charge in [0.2, 0.25) is 6.35 Å². The highest BCUT2D eigenvalue weighted by Crippen LogP contribution is 2.38. The highest BCUT2D eigenvalue weighted by atomic mass is 32.2. The Balaban J connectivity index is 1.35. The number of likely N-dealkylation sites (N-methyl/N-ethyl adjacent to an activating group) is 1. The molecule has 2 unspecified atom stereocenters. The molecule has 0 aromatic heterocycles. The lowest BCUT2D eigenvalue weighted by Crippen LogP contribution is -2.43. The van der Waals surface area contributed by atoms with Gasteiger partial charge in [-0.15, -0.1) is 0 Å². The van der Waals surface area contributed by atoms with Crippen LogP contribution in [0.3, 0.4) is 0 Å². The van der Waals surface area contributed by atoms with E-state index in [1.165, 1.54) is 22.3 Å². The molecule has 33 heavy (non-hydrogen) atoms. The van der Waals surface area contributed by atoms with Gasteiger partial charge in [0.1, 0.15) is 9.92 Å². The lowest BCUT2D eigenvalue weighted by molar-refractivity contribution is 0.148.